The number of hydrogen-bond donors (Lipinski definition) is 2. The Balaban J connectivity index is 1.49. The third-order valence-electron chi connectivity index (χ3n) is 8.92. The van der Waals surface area contributed by atoms with E-state index >= 15 is 0 Å². The average molecular weight is 637 g/mol. The second-order valence-electron chi connectivity index (χ2n) is 11.7. The maximum atomic E-state index is 13.3. The number of hydrogen-bond acceptors (Lipinski definition) is 2. The normalized spacial score (nSPS) is 13.7. The van der Waals surface area contributed by atoms with Crippen LogP contribution in [0.15, 0.2) is 133 Å². The number of benzene rings is 6. The number of rotatable bonds is 4. The highest BCUT2D eigenvalue weighted by molar-refractivity contribution is 5.90. The number of fused-ring (bicyclic) bond motifs is 3. The molecule has 0 saturated carbocycles. The predicted molar refractivity (Wildman–Crippen MR) is 173 cm³/mol. The van der Waals surface area contributed by atoms with Crippen LogP contribution >= 0.6 is 0 Å². The van der Waals surface area contributed by atoms with Gasteiger partial charge in [0, 0.05) is 11.4 Å². The maximum absolute atomic E-state index is 13.3. The molecule has 47 heavy (non-hydrogen) atoms. The zero-order valence-corrected chi connectivity index (χ0v) is 24.6. The number of alkyl halides is 6. The van der Waals surface area contributed by atoms with Gasteiger partial charge in [-0.25, -0.2) is 0 Å². The first-order valence-corrected chi connectivity index (χ1v) is 14.7. The van der Waals surface area contributed by atoms with Gasteiger partial charge in [0.25, 0.3) is 0 Å². The van der Waals surface area contributed by atoms with E-state index in [1.54, 1.807) is 0 Å². The minimum atomic E-state index is -4.46. The van der Waals surface area contributed by atoms with Gasteiger partial charge in [-0.2, -0.15) is 26.3 Å². The van der Waals surface area contributed by atoms with Crippen LogP contribution in [0.5, 0.6) is 0 Å². The van der Waals surface area contributed by atoms with Crippen LogP contribution in [0, 0.1) is 0 Å². The lowest BCUT2D eigenvalue weighted by Gasteiger charge is -2.34. The van der Waals surface area contributed by atoms with Crippen LogP contribution < -0.4 is 11.5 Å². The Morgan fingerprint density at radius 2 is 0.702 bits per heavy atom. The lowest BCUT2D eigenvalue weighted by Crippen LogP contribution is -2.28. The second-order valence-corrected chi connectivity index (χ2v) is 11.7. The second kappa shape index (κ2) is 10.8. The van der Waals surface area contributed by atoms with Crippen LogP contribution in [0.3, 0.4) is 0 Å². The molecule has 1 aliphatic carbocycles. The predicted octanol–water partition coefficient (Wildman–Crippen LogP) is 10.6. The van der Waals surface area contributed by atoms with Crippen LogP contribution in [0.4, 0.5) is 37.7 Å². The van der Waals surface area contributed by atoms with Crippen molar-refractivity contribution in [2.45, 2.75) is 17.8 Å². The van der Waals surface area contributed by atoms with Crippen LogP contribution in [-0.2, 0) is 17.8 Å². The fourth-order valence-corrected chi connectivity index (χ4v) is 6.64. The van der Waals surface area contributed by atoms with Crippen LogP contribution in [0.2, 0.25) is 0 Å². The first-order chi connectivity index (χ1) is 22.4. The summed E-state index contributed by atoms with van der Waals surface area (Å²) in [4.78, 5) is 0. The molecule has 0 amide bonds. The number of halogens is 6. The summed E-state index contributed by atoms with van der Waals surface area (Å²) in [6.07, 6.45) is -8.91. The summed E-state index contributed by atoms with van der Waals surface area (Å²) < 4.78 is 80.1. The standard InChI is InChI=1S/C39H26F6N2/c40-38(41,42)29-7-1-23(2-8-29)25-5-19-33-34-20-6-26(24-3-9-30(10-4-24)39(43,44)45)22-36(34)37(35(33)21-25,27-11-15-31(46)16-12-27)28-13-17-32(47)18-14-28/h1-22H,46-47H2. The third-order valence-corrected chi connectivity index (χ3v) is 8.92. The van der Waals surface area contributed by atoms with Gasteiger partial charge in [0.2, 0.25) is 0 Å². The van der Waals surface area contributed by atoms with E-state index in [9.17, 15) is 26.3 Å². The highest BCUT2D eigenvalue weighted by Crippen LogP contribution is 2.57. The largest absolute Gasteiger partial charge is 0.416 e. The number of nitrogen functional groups attached to an aromatic ring is 2. The summed E-state index contributed by atoms with van der Waals surface area (Å²) in [5, 5.41) is 0. The van der Waals surface area contributed by atoms with Crippen molar-refractivity contribution in [1.82, 2.24) is 0 Å². The maximum Gasteiger partial charge on any atom is 0.416 e. The Morgan fingerprint density at radius 3 is 1.02 bits per heavy atom. The molecule has 1 aliphatic rings. The van der Waals surface area contributed by atoms with E-state index in [4.69, 9.17) is 11.5 Å². The minimum absolute atomic E-state index is 0.566. The summed E-state index contributed by atoms with van der Waals surface area (Å²) in [7, 11) is 0. The van der Waals surface area contributed by atoms with E-state index in [-0.39, 0.29) is 0 Å². The van der Waals surface area contributed by atoms with Crippen molar-refractivity contribution in [3.63, 3.8) is 0 Å². The number of anilines is 2. The van der Waals surface area contributed by atoms with E-state index in [1.807, 2.05) is 84.9 Å². The van der Waals surface area contributed by atoms with Gasteiger partial charge in [0.1, 0.15) is 0 Å². The molecule has 0 aliphatic heterocycles. The van der Waals surface area contributed by atoms with Gasteiger partial charge >= 0.3 is 12.4 Å². The van der Waals surface area contributed by atoms with E-state index < -0.39 is 28.9 Å². The first kappa shape index (κ1) is 30.2. The van der Waals surface area contributed by atoms with E-state index in [0.717, 1.165) is 68.8 Å². The molecule has 6 aromatic rings. The summed E-state index contributed by atoms with van der Waals surface area (Å²) in [5.41, 5.74) is 19.1. The molecule has 234 valence electrons. The fraction of sp³-hybridized carbons (Fsp3) is 0.0769. The van der Waals surface area contributed by atoms with Crippen LogP contribution in [-0.4, -0.2) is 0 Å². The number of nitrogens with two attached hydrogens (primary N) is 2. The topological polar surface area (TPSA) is 52.0 Å². The van der Waals surface area contributed by atoms with Crippen LogP contribution in [0.25, 0.3) is 33.4 Å². The molecule has 0 unspecified atom stereocenters. The van der Waals surface area contributed by atoms with E-state index in [1.165, 1.54) is 24.3 Å². The summed E-state index contributed by atoms with van der Waals surface area (Å²) >= 11 is 0. The van der Waals surface area contributed by atoms with Gasteiger partial charge in [0.15, 0.2) is 0 Å². The zero-order chi connectivity index (χ0) is 33.1. The average Bonchev–Trinajstić information content (AvgIpc) is 3.34. The van der Waals surface area contributed by atoms with Gasteiger partial charge in [-0.3, -0.25) is 0 Å². The minimum Gasteiger partial charge on any atom is -0.399 e. The highest BCUT2D eigenvalue weighted by Gasteiger charge is 2.46. The molecule has 0 atom stereocenters. The molecule has 2 nitrogen and oxygen atoms in total. The molecule has 0 aromatic heterocycles. The molecule has 7 rings (SSSR count). The Labute approximate surface area is 266 Å². The van der Waals surface area contributed by atoms with Crippen molar-refractivity contribution < 1.29 is 26.3 Å². The Bertz CT molecular complexity index is 1940. The highest BCUT2D eigenvalue weighted by atomic mass is 19.4. The molecule has 0 heterocycles. The molecule has 0 radical (unpaired) electrons. The fourth-order valence-electron chi connectivity index (χ4n) is 6.64. The van der Waals surface area contributed by atoms with Gasteiger partial charge in [-0.1, -0.05) is 72.8 Å². The van der Waals surface area contributed by atoms with Gasteiger partial charge in [-0.15, -0.1) is 0 Å². The molecule has 0 fully saturated rings. The Kier molecular flexibility index (Phi) is 6.93. The molecular weight excluding hydrogens is 610 g/mol. The lowest BCUT2D eigenvalue weighted by atomic mass is 9.67. The van der Waals surface area contributed by atoms with Crippen molar-refractivity contribution in [2.75, 3.05) is 11.5 Å². The quantitative estimate of drug-likeness (QED) is 0.149. The lowest BCUT2D eigenvalue weighted by molar-refractivity contribution is -0.138. The molecule has 8 heteroatoms. The van der Waals surface area contributed by atoms with Gasteiger partial charge < -0.3 is 11.5 Å². The van der Waals surface area contributed by atoms with E-state index in [0.29, 0.717) is 22.5 Å². The van der Waals surface area contributed by atoms with Crippen molar-refractivity contribution in [2.24, 2.45) is 0 Å². The van der Waals surface area contributed by atoms with Crippen molar-refractivity contribution in [3.8, 4) is 33.4 Å². The molecule has 0 saturated heterocycles. The zero-order valence-electron chi connectivity index (χ0n) is 24.6. The molecule has 4 N–H and O–H groups in total. The summed E-state index contributed by atoms with van der Waals surface area (Å²) in [5.74, 6) is 0. The van der Waals surface area contributed by atoms with Crippen molar-refractivity contribution in [3.05, 3.63) is 167 Å². The molecular formula is C39H26F6N2. The Morgan fingerprint density at radius 1 is 0.383 bits per heavy atom. The molecule has 6 aromatic carbocycles. The summed E-state index contributed by atoms with van der Waals surface area (Å²) in [6.45, 7) is 0. The van der Waals surface area contributed by atoms with Gasteiger partial charge in [0.05, 0.1) is 16.5 Å². The third kappa shape index (κ3) is 5.10. The SMILES string of the molecule is Nc1ccc(C2(c3ccc(N)cc3)c3cc(-c4ccc(C(F)(F)F)cc4)ccc3-c3ccc(-c4ccc(C(F)(F)F)cc4)cc32)cc1. The van der Waals surface area contributed by atoms with E-state index in [2.05, 4.69) is 0 Å². The Hall–Kier alpha value is -5.50. The first-order valence-electron chi connectivity index (χ1n) is 14.7. The summed E-state index contributed by atoms with van der Waals surface area (Å²) in [6, 6.07) is 36.9. The van der Waals surface area contributed by atoms with Gasteiger partial charge in [-0.05, 0) is 116 Å². The molecule has 0 bridgehead atoms. The van der Waals surface area contributed by atoms with Crippen molar-refractivity contribution >= 4 is 11.4 Å². The van der Waals surface area contributed by atoms with Crippen molar-refractivity contribution in [1.29, 1.82) is 0 Å². The smallest absolute Gasteiger partial charge is 0.399 e. The molecule has 0 spiro atoms. The van der Waals surface area contributed by atoms with Crippen LogP contribution in [0.1, 0.15) is 33.4 Å². The monoisotopic (exact) mass is 636 g/mol.